The van der Waals surface area contributed by atoms with Crippen molar-refractivity contribution in [3.63, 3.8) is 0 Å². The predicted molar refractivity (Wildman–Crippen MR) is 47.2 cm³/mol. The van der Waals surface area contributed by atoms with Crippen LogP contribution in [-0.2, 0) is 9.84 Å². The standard InChI is InChI=1S/C7H17NO2S/c1-7(6-8)4-3-5-11(2,9)10/h7H,3-6,8H2,1-2H3. The van der Waals surface area contributed by atoms with Gasteiger partial charge in [-0.25, -0.2) is 8.42 Å². The molecule has 0 rings (SSSR count). The minimum absolute atomic E-state index is 0.289. The van der Waals surface area contributed by atoms with Gasteiger partial charge in [0.15, 0.2) is 0 Å². The summed E-state index contributed by atoms with van der Waals surface area (Å²) in [6, 6.07) is 0. The van der Waals surface area contributed by atoms with Gasteiger partial charge in [-0.15, -0.1) is 0 Å². The molecule has 0 amide bonds. The van der Waals surface area contributed by atoms with Crippen molar-refractivity contribution >= 4 is 9.84 Å². The van der Waals surface area contributed by atoms with Gasteiger partial charge in [-0.05, 0) is 25.3 Å². The Balaban J connectivity index is 3.43. The van der Waals surface area contributed by atoms with E-state index in [9.17, 15) is 8.42 Å². The maximum Gasteiger partial charge on any atom is 0.147 e. The molecule has 0 fully saturated rings. The summed E-state index contributed by atoms with van der Waals surface area (Å²) in [5.41, 5.74) is 5.37. The van der Waals surface area contributed by atoms with Gasteiger partial charge in [0, 0.05) is 12.0 Å². The van der Waals surface area contributed by atoms with E-state index in [1.54, 1.807) is 0 Å². The molecule has 0 aromatic rings. The SMILES string of the molecule is CC(CN)CCCS(C)(=O)=O. The summed E-state index contributed by atoms with van der Waals surface area (Å²) in [6.07, 6.45) is 2.90. The Morgan fingerprint density at radius 3 is 2.36 bits per heavy atom. The first-order chi connectivity index (χ1) is 4.95. The number of hydrogen-bond donors (Lipinski definition) is 1. The van der Waals surface area contributed by atoms with Crippen LogP contribution in [0.4, 0.5) is 0 Å². The molecule has 3 nitrogen and oxygen atoms in total. The lowest BCUT2D eigenvalue weighted by Crippen LogP contribution is -2.12. The van der Waals surface area contributed by atoms with Crippen molar-refractivity contribution in [2.45, 2.75) is 19.8 Å². The van der Waals surface area contributed by atoms with Gasteiger partial charge in [0.05, 0.1) is 0 Å². The van der Waals surface area contributed by atoms with E-state index in [0.717, 1.165) is 12.8 Å². The van der Waals surface area contributed by atoms with Crippen molar-refractivity contribution in [1.82, 2.24) is 0 Å². The Labute approximate surface area is 68.9 Å². The Morgan fingerprint density at radius 1 is 1.45 bits per heavy atom. The fourth-order valence-electron chi connectivity index (χ4n) is 0.812. The zero-order chi connectivity index (χ0) is 8.91. The molecular formula is C7H17NO2S. The van der Waals surface area contributed by atoms with Crippen LogP contribution in [-0.4, -0.2) is 27.0 Å². The number of nitrogens with two attached hydrogens (primary N) is 1. The maximum absolute atomic E-state index is 10.7. The van der Waals surface area contributed by atoms with Crippen molar-refractivity contribution in [3.8, 4) is 0 Å². The van der Waals surface area contributed by atoms with E-state index >= 15 is 0 Å². The molecular weight excluding hydrogens is 162 g/mol. The topological polar surface area (TPSA) is 60.2 Å². The zero-order valence-electron chi connectivity index (χ0n) is 7.21. The van der Waals surface area contributed by atoms with Crippen molar-refractivity contribution in [2.24, 2.45) is 11.7 Å². The highest BCUT2D eigenvalue weighted by atomic mass is 32.2. The van der Waals surface area contributed by atoms with Crippen LogP contribution in [0.15, 0.2) is 0 Å². The Morgan fingerprint density at radius 2 is 2.00 bits per heavy atom. The third-order valence-electron chi connectivity index (χ3n) is 1.61. The van der Waals surface area contributed by atoms with Crippen LogP contribution in [0.3, 0.4) is 0 Å². The molecule has 0 bridgehead atoms. The Hall–Kier alpha value is -0.0900. The molecule has 0 aromatic carbocycles. The maximum atomic E-state index is 10.7. The normalized spacial score (nSPS) is 14.8. The summed E-state index contributed by atoms with van der Waals surface area (Å²) in [5, 5.41) is 0. The molecule has 0 aliphatic heterocycles. The van der Waals surface area contributed by atoms with E-state index in [0.29, 0.717) is 12.5 Å². The van der Waals surface area contributed by atoms with Crippen molar-refractivity contribution < 1.29 is 8.42 Å². The second kappa shape index (κ2) is 4.72. The average molecular weight is 179 g/mol. The monoisotopic (exact) mass is 179 g/mol. The lowest BCUT2D eigenvalue weighted by atomic mass is 10.1. The van der Waals surface area contributed by atoms with Crippen molar-refractivity contribution in [1.29, 1.82) is 0 Å². The van der Waals surface area contributed by atoms with E-state index in [4.69, 9.17) is 5.73 Å². The molecule has 1 unspecified atom stereocenters. The van der Waals surface area contributed by atoms with E-state index in [-0.39, 0.29) is 5.75 Å². The number of sulfone groups is 1. The minimum atomic E-state index is -2.77. The van der Waals surface area contributed by atoms with Crippen molar-refractivity contribution in [2.75, 3.05) is 18.6 Å². The van der Waals surface area contributed by atoms with Gasteiger partial charge in [0.25, 0.3) is 0 Å². The highest BCUT2D eigenvalue weighted by Gasteiger charge is 2.03. The third-order valence-corrected chi connectivity index (χ3v) is 2.64. The molecule has 11 heavy (non-hydrogen) atoms. The van der Waals surface area contributed by atoms with E-state index in [2.05, 4.69) is 0 Å². The van der Waals surface area contributed by atoms with Crippen LogP contribution >= 0.6 is 0 Å². The van der Waals surface area contributed by atoms with Crippen LogP contribution in [0.5, 0.6) is 0 Å². The Kier molecular flexibility index (Phi) is 4.68. The minimum Gasteiger partial charge on any atom is -0.330 e. The summed E-state index contributed by atoms with van der Waals surface area (Å²) in [6.45, 7) is 2.67. The molecule has 0 aliphatic rings. The fourth-order valence-corrected chi connectivity index (χ4v) is 1.50. The predicted octanol–water partition coefficient (Wildman–Crippen LogP) is 0.406. The molecule has 0 radical (unpaired) electrons. The van der Waals surface area contributed by atoms with Crippen LogP contribution in [0, 0.1) is 5.92 Å². The fraction of sp³-hybridized carbons (Fsp3) is 1.00. The van der Waals surface area contributed by atoms with Gasteiger partial charge >= 0.3 is 0 Å². The zero-order valence-corrected chi connectivity index (χ0v) is 8.02. The van der Waals surface area contributed by atoms with Crippen LogP contribution in [0.2, 0.25) is 0 Å². The van der Waals surface area contributed by atoms with Crippen LogP contribution in [0.1, 0.15) is 19.8 Å². The van der Waals surface area contributed by atoms with Gasteiger partial charge in [-0.3, -0.25) is 0 Å². The van der Waals surface area contributed by atoms with Crippen molar-refractivity contribution in [3.05, 3.63) is 0 Å². The van der Waals surface area contributed by atoms with Crippen LogP contribution in [0.25, 0.3) is 0 Å². The van der Waals surface area contributed by atoms with Gasteiger partial charge in [-0.1, -0.05) is 6.92 Å². The molecule has 0 aromatic heterocycles. The summed E-state index contributed by atoms with van der Waals surface area (Å²) < 4.78 is 21.3. The first-order valence-electron chi connectivity index (χ1n) is 3.83. The lowest BCUT2D eigenvalue weighted by Gasteiger charge is -2.05. The molecule has 4 heteroatoms. The molecule has 1 atom stereocenters. The summed E-state index contributed by atoms with van der Waals surface area (Å²) in [5.74, 6) is 0.730. The number of rotatable bonds is 5. The van der Waals surface area contributed by atoms with E-state index < -0.39 is 9.84 Å². The first kappa shape index (κ1) is 10.9. The third kappa shape index (κ3) is 7.81. The molecule has 0 spiro atoms. The summed E-state index contributed by atoms with van der Waals surface area (Å²) in [7, 11) is -2.77. The molecule has 0 saturated carbocycles. The first-order valence-corrected chi connectivity index (χ1v) is 5.89. The number of hydrogen-bond acceptors (Lipinski definition) is 3. The lowest BCUT2D eigenvalue weighted by molar-refractivity contribution is 0.531. The van der Waals surface area contributed by atoms with Gasteiger partial charge in [0.2, 0.25) is 0 Å². The van der Waals surface area contributed by atoms with Crippen LogP contribution < -0.4 is 5.73 Å². The summed E-state index contributed by atoms with van der Waals surface area (Å²) in [4.78, 5) is 0. The van der Waals surface area contributed by atoms with Gasteiger partial charge < -0.3 is 5.73 Å². The molecule has 0 heterocycles. The smallest absolute Gasteiger partial charge is 0.147 e. The molecule has 0 aliphatic carbocycles. The average Bonchev–Trinajstić information content (AvgIpc) is 1.85. The highest BCUT2D eigenvalue weighted by Crippen LogP contribution is 2.04. The molecule has 2 N–H and O–H groups in total. The Bertz CT molecular complexity index is 187. The second-order valence-corrected chi connectivity index (χ2v) is 5.37. The second-order valence-electron chi connectivity index (χ2n) is 3.11. The molecule has 0 saturated heterocycles. The quantitative estimate of drug-likeness (QED) is 0.665. The van der Waals surface area contributed by atoms with Gasteiger partial charge in [0.1, 0.15) is 9.84 Å². The largest absolute Gasteiger partial charge is 0.330 e. The van der Waals surface area contributed by atoms with Gasteiger partial charge in [-0.2, -0.15) is 0 Å². The van der Waals surface area contributed by atoms with E-state index in [1.807, 2.05) is 6.92 Å². The summed E-state index contributed by atoms with van der Waals surface area (Å²) >= 11 is 0. The van der Waals surface area contributed by atoms with E-state index in [1.165, 1.54) is 6.26 Å². The highest BCUT2D eigenvalue weighted by molar-refractivity contribution is 7.90. The molecule has 68 valence electrons.